The van der Waals surface area contributed by atoms with E-state index in [2.05, 4.69) is 0 Å². The molecular weight excluding hydrogens is 308 g/mol. The summed E-state index contributed by atoms with van der Waals surface area (Å²) in [5, 5.41) is 9.60. The van der Waals surface area contributed by atoms with E-state index in [1.807, 2.05) is 4.90 Å². The molecule has 1 aromatic rings. The number of halogens is 1. The van der Waals surface area contributed by atoms with Crippen molar-refractivity contribution in [3.63, 3.8) is 0 Å². The van der Waals surface area contributed by atoms with Gasteiger partial charge in [0, 0.05) is 31.2 Å². The first-order valence-corrected chi connectivity index (χ1v) is 7.48. The van der Waals surface area contributed by atoms with Gasteiger partial charge in [-0.3, -0.25) is 14.5 Å². The van der Waals surface area contributed by atoms with Crippen LogP contribution < -0.4 is 4.74 Å². The van der Waals surface area contributed by atoms with Gasteiger partial charge in [-0.05, 0) is 31.2 Å². The molecule has 7 heteroatoms. The Morgan fingerprint density at radius 3 is 2.36 bits per heavy atom. The number of carboxylic acids is 1. The van der Waals surface area contributed by atoms with Crippen molar-refractivity contribution in [1.82, 2.24) is 9.80 Å². The van der Waals surface area contributed by atoms with E-state index in [-0.39, 0.29) is 12.5 Å². The van der Waals surface area contributed by atoms with Gasteiger partial charge in [-0.2, -0.15) is 0 Å². The highest BCUT2D eigenvalue weighted by molar-refractivity contribution is 6.30. The van der Waals surface area contributed by atoms with Crippen LogP contribution in [0.3, 0.4) is 0 Å². The highest BCUT2D eigenvalue weighted by Crippen LogP contribution is 2.15. The van der Waals surface area contributed by atoms with Gasteiger partial charge in [0.25, 0.3) is 5.91 Å². The summed E-state index contributed by atoms with van der Waals surface area (Å²) in [4.78, 5) is 26.6. The van der Waals surface area contributed by atoms with Gasteiger partial charge in [0.1, 0.15) is 11.8 Å². The lowest BCUT2D eigenvalue weighted by Crippen LogP contribution is -2.53. The highest BCUT2D eigenvalue weighted by atomic mass is 35.5. The number of piperazine rings is 1. The fourth-order valence-corrected chi connectivity index (χ4v) is 2.41. The number of hydrogen-bond donors (Lipinski definition) is 1. The molecule has 22 heavy (non-hydrogen) atoms. The predicted molar refractivity (Wildman–Crippen MR) is 82.2 cm³/mol. The fourth-order valence-electron chi connectivity index (χ4n) is 2.28. The normalized spacial score (nSPS) is 17.1. The zero-order valence-electron chi connectivity index (χ0n) is 12.4. The molecule has 0 aromatic heterocycles. The van der Waals surface area contributed by atoms with Crippen LogP contribution in [0, 0.1) is 0 Å². The first-order valence-electron chi connectivity index (χ1n) is 7.10. The quantitative estimate of drug-likeness (QED) is 0.884. The van der Waals surface area contributed by atoms with Crippen molar-refractivity contribution in [2.45, 2.75) is 13.0 Å². The molecule has 120 valence electrons. The van der Waals surface area contributed by atoms with Gasteiger partial charge in [0.15, 0.2) is 6.61 Å². The second-order valence-electron chi connectivity index (χ2n) is 5.17. The van der Waals surface area contributed by atoms with Gasteiger partial charge in [0.05, 0.1) is 0 Å². The lowest BCUT2D eigenvalue weighted by atomic mass is 10.2. The van der Waals surface area contributed by atoms with E-state index in [4.69, 9.17) is 21.4 Å². The van der Waals surface area contributed by atoms with Crippen LogP contribution in [0.25, 0.3) is 0 Å². The van der Waals surface area contributed by atoms with E-state index in [1.54, 1.807) is 36.1 Å². The van der Waals surface area contributed by atoms with Crippen molar-refractivity contribution >= 4 is 23.5 Å². The van der Waals surface area contributed by atoms with Gasteiger partial charge in [-0.25, -0.2) is 0 Å². The maximum Gasteiger partial charge on any atom is 0.320 e. The summed E-state index contributed by atoms with van der Waals surface area (Å²) < 4.78 is 5.43. The monoisotopic (exact) mass is 326 g/mol. The summed E-state index contributed by atoms with van der Waals surface area (Å²) in [6.45, 7) is 3.76. The summed E-state index contributed by atoms with van der Waals surface area (Å²) in [5.74, 6) is -0.348. The molecule has 1 heterocycles. The fraction of sp³-hybridized carbons (Fsp3) is 0.467. The number of aliphatic carboxylic acids is 1. The van der Waals surface area contributed by atoms with Gasteiger partial charge in [-0.1, -0.05) is 11.6 Å². The van der Waals surface area contributed by atoms with E-state index in [9.17, 15) is 9.59 Å². The molecule has 0 saturated carbocycles. The van der Waals surface area contributed by atoms with Crippen molar-refractivity contribution in [1.29, 1.82) is 0 Å². The van der Waals surface area contributed by atoms with E-state index in [0.29, 0.717) is 37.0 Å². The lowest BCUT2D eigenvalue weighted by Gasteiger charge is -2.36. The number of carboxylic acid groups (broad SMARTS) is 1. The maximum atomic E-state index is 12.1. The maximum absolute atomic E-state index is 12.1. The molecule has 2 rings (SSSR count). The highest BCUT2D eigenvalue weighted by Gasteiger charge is 2.27. The van der Waals surface area contributed by atoms with Gasteiger partial charge in [-0.15, -0.1) is 0 Å². The molecule has 1 aliphatic heterocycles. The molecule has 1 atom stereocenters. The van der Waals surface area contributed by atoms with Gasteiger partial charge in [0.2, 0.25) is 0 Å². The standard InChI is InChI=1S/C15H19ClN2O4/c1-11(15(20)21)17-6-8-18(9-7-17)14(19)10-22-13-4-2-12(16)3-5-13/h2-5,11H,6-10H2,1H3,(H,20,21). The number of hydrogen-bond acceptors (Lipinski definition) is 4. The third-order valence-electron chi connectivity index (χ3n) is 3.75. The van der Waals surface area contributed by atoms with Crippen molar-refractivity contribution in [2.24, 2.45) is 0 Å². The van der Waals surface area contributed by atoms with Crippen LogP contribution in [0.4, 0.5) is 0 Å². The molecular formula is C15H19ClN2O4. The Morgan fingerprint density at radius 2 is 1.82 bits per heavy atom. The number of ether oxygens (including phenoxy) is 1. The van der Waals surface area contributed by atoms with E-state index >= 15 is 0 Å². The Morgan fingerprint density at radius 1 is 1.23 bits per heavy atom. The third kappa shape index (κ3) is 4.35. The van der Waals surface area contributed by atoms with Crippen molar-refractivity contribution in [3.8, 4) is 5.75 Å². The second kappa shape index (κ2) is 7.47. The Bertz CT molecular complexity index is 527. The van der Waals surface area contributed by atoms with Crippen molar-refractivity contribution in [2.75, 3.05) is 32.8 Å². The predicted octanol–water partition coefficient (Wildman–Crippen LogP) is 1.34. The minimum absolute atomic E-state index is 0.0316. The molecule has 1 saturated heterocycles. The molecule has 1 N–H and O–H groups in total. The number of benzene rings is 1. The number of rotatable bonds is 5. The van der Waals surface area contributed by atoms with E-state index < -0.39 is 12.0 Å². The van der Waals surface area contributed by atoms with Crippen LogP contribution in [-0.2, 0) is 9.59 Å². The largest absolute Gasteiger partial charge is 0.484 e. The van der Waals surface area contributed by atoms with Crippen LogP contribution in [0.5, 0.6) is 5.75 Å². The van der Waals surface area contributed by atoms with Crippen LogP contribution in [-0.4, -0.2) is 65.6 Å². The molecule has 6 nitrogen and oxygen atoms in total. The Labute approximate surface area is 134 Å². The molecule has 0 bridgehead atoms. The van der Waals surface area contributed by atoms with Crippen molar-refractivity contribution in [3.05, 3.63) is 29.3 Å². The summed E-state index contributed by atoms with van der Waals surface area (Å²) in [6.07, 6.45) is 0. The summed E-state index contributed by atoms with van der Waals surface area (Å²) in [5.41, 5.74) is 0. The Hall–Kier alpha value is -1.79. The zero-order valence-corrected chi connectivity index (χ0v) is 13.1. The Balaban J connectivity index is 1.77. The smallest absolute Gasteiger partial charge is 0.320 e. The third-order valence-corrected chi connectivity index (χ3v) is 4.00. The molecule has 0 radical (unpaired) electrons. The molecule has 1 unspecified atom stereocenters. The average molecular weight is 327 g/mol. The van der Waals surface area contributed by atoms with E-state index in [1.165, 1.54) is 0 Å². The SMILES string of the molecule is CC(C(=O)O)N1CCN(C(=O)COc2ccc(Cl)cc2)CC1. The van der Waals surface area contributed by atoms with E-state index in [0.717, 1.165) is 0 Å². The molecule has 1 aliphatic rings. The van der Waals surface area contributed by atoms with Crippen LogP contribution in [0.2, 0.25) is 5.02 Å². The zero-order chi connectivity index (χ0) is 16.1. The summed E-state index contributed by atoms with van der Waals surface area (Å²) >= 11 is 5.78. The van der Waals surface area contributed by atoms with Crippen LogP contribution in [0.1, 0.15) is 6.92 Å². The summed E-state index contributed by atoms with van der Waals surface area (Å²) in [6, 6.07) is 6.30. The number of nitrogens with zero attached hydrogens (tertiary/aromatic N) is 2. The summed E-state index contributed by atoms with van der Waals surface area (Å²) in [7, 11) is 0. The minimum atomic E-state index is -0.842. The van der Waals surface area contributed by atoms with Gasteiger partial charge < -0.3 is 14.7 Å². The molecule has 1 fully saturated rings. The Kier molecular flexibility index (Phi) is 5.63. The molecule has 0 spiro atoms. The molecule has 1 amide bonds. The number of carbonyl (C=O) groups is 2. The first-order chi connectivity index (χ1) is 10.5. The number of amides is 1. The van der Waals surface area contributed by atoms with Gasteiger partial charge >= 0.3 is 5.97 Å². The van der Waals surface area contributed by atoms with Crippen LogP contribution in [0.15, 0.2) is 24.3 Å². The minimum Gasteiger partial charge on any atom is -0.484 e. The number of carbonyl (C=O) groups excluding carboxylic acids is 1. The molecule has 1 aromatic carbocycles. The topological polar surface area (TPSA) is 70.1 Å². The molecule has 0 aliphatic carbocycles. The van der Waals surface area contributed by atoms with Crippen LogP contribution >= 0.6 is 11.6 Å². The second-order valence-corrected chi connectivity index (χ2v) is 5.61. The first kappa shape index (κ1) is 16.6. The lowest BCUT2D eigenvalue weighted by molar-refractivity contribution is -0.144. The van der Waals surface area contributed by atoms with Crippen molar-refractivity contribution < 1.29 is 19.4 Å². The average Bonchev–Trinajstić information content (AvgIpc) is 2.53.